The van der Waals surface area contributed by atoms with Crippen molar-refractivity contribution in [2.45, 2.75) is 37.5 Å². The number of ether oxygens (including phenoxy) is 1. The van der Waals surface area contributed by atoms with Gasteiger partial charge >= 0.3 is 0 Å². The first kappa shape index (κ1) is 14.6. The van der Waals surface area contributed by atoms with E-state index in [4.69, 9.17) is 27.9 Å². The van der Waals surface area contributed by atoms with Gasteiger partial charge in [0, 0.05) is 29.6 Å². The molecule has 3 atom stereocenters. The molecule has 1 saturated heterocycles. The number of hydrogen-bond donors (Lipinski definition) is 1. The minimum absolute atomic E-state index is 0.0506. The molecule has 0 aromatic heterocycles. The van der Waals surface area contributed by atoms with Crippen molar-refractivity contribution < 1.29 is 9.84 Å². The number of nitrogens with zero attached hydrogens (tertiary/aromatic N) is 1. The molecule has 1 heterocycles. The van der Waals surface area contributed by atoms with Crippen molar-refractivity contribution in [1.29, 1.82) is 0 Å². The normalized spacial score (nSPS) is 29.1. The van der Waals surface area contributed by atoms with Gasteiger partial charge in [0.2, 0.25) is 0 Å². The maximum Gasteiger partial charge on any atom is 0.0777 e. The van der Waals surface area contributed by atoms with E-state index >= 15 is 0 Å². The third-order valence-electron chi connectivity index (χ3n) is 4.28. The predicted molar refractivity (Wildman–Crippen MR) is 80.5 cm³/mol. The molecule has 3 rings (SSSR count). The van der Waals surface area contributed by atoms with E-state index in [2.05, 4.69) is 4.90 Å². The van der Waals surface area contributed by atoms with Crippen molar-refractivity contribution in [1.82, 2.24) is 4.90 Å². The maximum absolute atomic E-state index is 10.4. The molecule has 1 aliphatic heterocycles. The summed E-state index contributed by atoms with van der Waals surface area (Å²) in [5.74, 6) is 0. The van der Waals surface area contributed by atoms with Crippen molar-refractivity contribution in [3.8, 4) is 0 Å². The molecule has 0 spiro atoms. The van der Waals surface area contributed by atoms with E-state index in [0.717, 1.165) is 37.1 Å². The van der Waals surface area contributed by atoms with Crippen molar-refractivity contribution >= 4 is 23.2 Å². The molecule has 1 aliphatic carbocycles. The summed E-state index contributed by atoms with van der Waals surface area (Å²) in [6.45, 7) is 1.67. The zero-order valence-corrected chi connectivity index (χ0v) is 13.0. The summed E-state index contributed by atoms with van der Waals surface area (Å²) in [5, 5.41) is 11.7. The first-order chi connectivity index (χ1) is 9.56. The highest BCUT2D eigenvalue weighted by Gasteiger charge is 2.36. The van der Waals surface area contributed by atoms with Crippen LogP contribution < -0.4 is 0 Å². The largest absolute Gasteiger partial charge is 0.391 e. The average Bonchev–Trinajstić information content (AvgIpc) is 2.96. The van der Waals surface area contributed by atoms with Gasteiger partial charge in [0.1, 0.15) is 0 Å². The Labute approximate surface area is 129 Å². The lowest BCUT2D eigenvalue weighted by molar-refractivity contribution is 0.0307. The monoisotopic (exact) mass is 315 g/mol. The molecule has 5 heteroatoms. The second kappa shape index (κ2) is 5.82. The van der Waals surface area contributed by atoms with Gasteiger partial charge in [0.05, 0.1) is 18.2 Å². The molecule has 0 unspecified atom stereocenters. The summed E-state index contributed by atoms with van der Waals surface area (Å²) < 4.78 is 5.68. The van der Waals surface area contributed by atoms with Crippen LogP contribution in [0.15, 0.2) is 12.1 Å². The Morgan fingerprint density at radius 3 is 2.90 bits per heavy atom. The molecule has 0 bridgehead atoms. The zero-order chi connectivity index (χ0) is 14.3. The number of aliphatic hydroxyl groups excluding tert-OH is 1. The molecule has 110 valence electrons. The summed E-state index contributed by atoms with van der Waals surface area (Å²) in [7, 11) is 2.03. The molecule has 1 fully saturated rings. The van der Waals surface area contributed by atoms with Crippen molar-refractivity contribution in [3.05, 3.63) is 33.3 Å². The zero-order valence-electron chi connectivity index (χ0n) is 11.5. The standard InChI is InChI=1S/C15H19Cl2NO2/c1-18(8-10-3-2-4-20-10)15-12-5-9(16)6-13(17)11(12)7-14(15)19/h5-6,10,14-15,19H,2-4,7-8H2,1H3/t10-,14-,15-/m0/s1. The van der Waals surface area contributed by atoms with Crippen LogP contribution in [0.3, 0.4) is 0 Å². The van der Waals surface area contributed by atoms with Crippen LogP contribution in [-0.2, 0) is 11.2 Å². The molecular formula is C15H19Cl2NO2. The van der Waals surface area contributed by atoms with Gasteiger partial charge in [-0.2, -0.15) is 0 Å². The molecule has 1 N–H and O–H groups in total. The van der Waals surface area contributed by atoms with E-state index in [1.54, 1.807) is 6.07 Å². The fraction of sp³-hybridized carbons (Fsp3) is 0.600. The number of halogens is 2. The van der Waals surface area contributed by atoms with Crippen molar-refractivity contribution in [2.24, 2.45) is 0 Å². The van der Waals surface area contributed by atoms with E-state index in [-0.39, 0.29) is 12.1 Å². The third-order valence-corrected chi connectivity index (χ3v) is 4.84. The van der Waals surface area contributed by atoms with Gasteiger partial charge in [-0.25, -0.2) is 0 Å². The Morgan fingerprint density at radius 1 is 1.40 bits per heavy atom. The summed E-state index contributed by atoms with van der Waals surface area (Å²) in [5.41, 5.74) is 2.07. The third kappa shape index (κ3) is 2.70. The lowest BCUT2D eigenvalue weighted by Gasteiger charge is -2.30. The van der Waals surface area contributed by atoms with Crippen LogP contribution in [0.25, 0.3) is 0 Å². The molecule has 3 nitrogen and oxygen atoms in total. The fourth-order valence-corrected chi connectivity index (χ4v) is 3.97. The topological polar surface area (TPSA) is 32.7 Å². The summed E-state index contributed by atoms with van der Waals surface area (Å²) >= 11 is 12.3. The first-order valence-electron chi connectivity index (χ1n) is 7.04. The van der Waals surface area contributed by atoms with E-state index in [9.17, 15) is 5.11 Å². The first-order valence-corrected chi connectivity index (χ1v) is 7.79. The second-order valence-electron chi connectivity index (χ2n) is 5.75. The van der Waals surface area contributed by atoms with Crippen molar-refractivity contribution in [3.63, 3.8) is 0 Å². The van der Waals surface area contributed by atoms with Crippen molar-refractivity contribution in [2.75, 3.05) is 20.2 Å². The van der Waals surface area contributed by atoms with Gasteiger partial charge in [0.15, 0.2) is 0 Å². The molecule has 0 radical (unpaired) electrons. The highest BCUT2D eigenvalue weighted by Crippen LogP contribution is 2.41. The number of aliphatic hydroxyl groups is 1. The van der Waals surface area contributed by atoms with Gasteiger partial charge in [-0.05, 0) is 43.1 Å². The number of fused-ring (bicyclic) bond motifs is 1. The average molecular weight is 316 g/mol. The lowest BCUT2D eigenvalue weighted by atomic mass is 10.1. The molecule has 2 aliphatic rings. The molecule has 0 amide bonds. The van der Waals surface area contributed by atoms with E-state index < -0.39 is 6.10 Å². The minimum atomic E-state index is -0.438. The summed E-state index contributed by atoms with van der Waals surface area (Å²) in [6.07, 6.45) is 2.64. The number of benzene rings is 1. The van der Waals surface area contributed by atoms with E-state index in [1.807, 2.05) is 13.1 Å². The SMILES string of the molecule is CN(C[C@@H]1CCCO1)[C@H]1c2cc(Cl)cc(Cl)c2C[C@@H]1O. The molecule has 0 saturated carbocycles. The van der Waals surface area contributed by atoms with E-state index in [1.165, 1.54) is 0 Å². The van der Waals surface area contributed by atoms with E-state index in [0.29, 0.717) is 16.5 Å². The number of rotatable bonds is 3. The Morgan fingerprint density at radius 2 is 2.20 bits per heavy atom. The smallest absolute Gasteiger partial charge is 0.0777 e. The molecular weight excluding hydrogens is 297 g/mol. The van der Waals surface area contributed by atoms with Gasteiger partial charge in [-0.3, -0.25) is 4.90 Å². The maximum atomic E-state index is 10.4. The Kier molecular flexibility index (Phi) is 4.25. The minimum Gasteiger partial charge on any atom is -0.391 e. The molecule has 1 aromatic carbocycles. The summed E-state index contributed by atoms with van der Waals surface area (Å²) in [4.78, 5) is 2.17. The highest BCUT2D eigenvalue weighted by atomic mass is 35.5. The Balaban J connectivity index is 1.83. The quantitative estimate of drug-likeness (QED) is 0.930. The van der Waals surface area contributed by atoms with Gasteiger partial charge in [0.25, 0.3) is 0 Å². The molecule has 1 aromatic rings. The van der Waals surface area contributed by atoms with Crippen LogP contribution in [0, 0.1) is 0 Å². The highest BCUT2D eigenvalue weighted by molar-refractivity contribution is 6.35. The van der Waals surface area contributed by atoms with Gasteiger partial charge in [-0.1, -0.05) is 23.2 Å². The number of likely N-dealkylation sites (N-methyl/N-ethyl adjacent to an activating group) is 1. The summed E-state index contributed by atoms with van der Waals surface area (Å²) in [6, 6.07) is 3.62. The number of hydrogen-bond acceptors (Lipinski definition) is 3. The van der Waals surface area contributed by atoms with Crippen LogP contribution in [0.5, 0.6) is 0 Å². The lowest BCUT2D eigenvalue weighted by Crippen LogP contribution is -2.36. The van der Waals surface area contributed by atoms with Crippen LogP contribution in [-0.4, -0.2) is 42.4 Å². The Bertz CT molecular complexity index is 503. The second-order valence-corrected chi connectivity index (χ2v) is 6.59. The fourth-order valence-electron chi connectivity index (χ4n) is 3.38. The Hall–Kier alpha value is -0.320. The van der Waals surface area contributed by atoms with Crippen LogP contribution in [0.2, 0.25) is 10.0 Å². The van der Waals surface area contributed by atoms with Gasteiger partial charge in [-0.15, -0.1) is 0 Å². The molecule has 20 heavy (non-hydrogen) atoms. The predicted octanol–water partition coefficient (Wildman–Crippen LogP) is 3.06. The van der Waals surface area contributed by atoms with Gasteiger partial charge < -0.3 is 9.84 Å². The van der Waals surface area contributed by atoms with Crippen LogP contribution in [0.1, 0.15) is 30.0 Å². The van der Waals surface area contributed by atoms with Crippen LogP contribution in [0.4, 0.5) is 0 Å². The van der Waals surface area contributed by atoms with Crippen LogP contribution >= 0.6 is 23.2 Å².